The molecule has 0 spiro atoms. The van der Waals surface area contributed by atoms with Crippen molar-refractivity contribution in [1.82, 2.24) is 5.32 Å². The Morgan fingerprint density at radius 2 is 2.16 bits per heavy atom. The zero-order chi connectivity index (χ0) is 14.3. The van der Waals surface area contributed by atoms with Crippen LogP contribution in [0.3, 0.4) is 0 Å². The molecule has 4 heteroatoms. The van der Waals surface area contributed by atoms with Gasteiger partial charge in [0, 0.05) is 18.2 Å². The monoisotopic (exact) mass is 265 g/mol. The molecule has 0 heterocycles. The summed E-state index contributed by atoms with van der Waals surface area (Å²) in [7, 11) is 0. The number of ether oxygens (including phenoxy) is 1. The summed E-state index contributed by atoms with van der Waals surface area (Å²) in [6.45, 7) is 6.51. The summed E-state index contributed by atoms with van der Waals surface area (Å²) in [5.41, 5.74) is 1.60. The number of hydrogen-bond donors (Lipinski definition) is 2. The molecule has 0 aliphatic heterocycles. The molecule has 0 saturated heterocycles. The molecule has 1 aromatic carbocycles. The van der Waals surface area contributed by atoms with Crippen molar-refractivity contribution in [3.63, 3.8) is 0 Å². The van der Waals surface area contributed by atoms with E-state index in [1.165, 1.54) is 0 Å². The highest BCUT2D eigenvalue weighted by Gasteiger charge is 2.13. The molecule has 1 atom stereocenters. The molecule has 0 saturated carbocycles. The molecule has 1 amide bonds. The third-order valence-corrected chi connectivity index (χ3v) is 3.06. The van der Waals surface area contributed by atoms with E-state index in [1.54, 1.807) is 12.1 Å². The van der Waals surface area contributed by atoms with E-state index < -0.39 is 0 Å². The van der Waals surface area contributed by atoms with E-state index in [9.17, 15) is 4.79 Å². The predicted octanol–water partition coefficient (Wildman–Crippen LogP) is 2.28. The number of amides is 1. The van der Waals surface area contributed by atoms with Crippen LogP contribution in [-0.2, 0) is 0 Å². The lowest BCUT2D eigenvalue weighted by molar-refractivity contribution is 0.0928. The van der Waals surface area contributed by atoms with Crippen molar-refractivity contribution in [2.24, 2.45) is 0 Å². The summed E-state index contributed by atoms with van der Waals surface area (Å²) in [5, 5.41) is 11.8. The van der Waals surface area contributed by atoms with Crippen molar-refractivity contribution in [3.05, 3.63) is 29.3 Å². The fourth-order valence-electron chi connectivity index (χ4n) is 1.86. The van der Waals surface area contributed by atoms with Gasteiger partial charge < -0.3 is 15.2 Å². The summed E-state index contributed by atoms with van der Waals surface area (Å²) in [6, 6.07) is 5.44. The Hall–Kier alpha value is -1.55. The Morgan fingerprint density at radius 3 is 2.74 bits per heavy atom. The first-order valence-corrected chi connectivity index (χ1v) is 6.77. The Labute approximate surface area is 114 Å². The molecule has 2 N–H and O–H groups in total. The van der Waals surface area contributed by atoms with Crippen molar-refractivity contribution in [2.45, 2.75) is 39.7 Å². The number of rotatable bonds is 7. The second-order valence-corrected chi connectivity index (χ2v) is 4.50. The molecule has 1 aromatic rings. The second kappa shape index (κ2) is 7.79. The lowest BCUT2D eigenvalue weighted by Crippen LogP contribution is -2.35. The predicted molar refractivity (Wildman–Crippen MR) is 75.6 cm³/mol. The third kappa shape index (κ3) is 4.56. The average Bonchev–Trinajstić information content (AvgIpc) is 2.40. The molecular formula is C15H23NO3. The minimum absolute atomic E-state index is 0.00865. The number of nitrogens with one attached hydrogen (secondary N) is 1. The topological polar surface area (TPSA) is 58.6 Å². The van der Waals surface area contributed by atoms with Crippen LogP contribution in [0.1, 0.15) is 42.6 Å². The normalized spacial score (nSPS) is 12.0. The van der Waals surface area contributed by atoms with Crippen LogP contribution in [-0.4, -0.2) is 30.3 Å². The van der Waals surface area contributed by atoms with Crippen LogP contribution in [0.15, 0.2) is 18.2 Å². The highest BCUT2D eigenvalue weighted by molar-refractivity contribution is 5.94. The number of carbonyl (C=O) groups is 1. The largest absolute Gasteiger partial charge is 0.494 e. The first-order valence-electron chi connectivity index (χ1n) is 6.77. The van der Waals surface area contributed by atoms with Crippen molar-refractivity contribution < 1.29 is 14.6 Å². The molecule has 0 bridgehead atoms. The molecule has 1 unspecified atom stereocenters. The van der Waals surface area contributed by atoms with E-state index in [4.69, 9.17) is 9.84 Å². The molecule has 106 valence electrons. The van der Waals surface area contributed by atoms with Crippen LogP contribution in [0.25, 0.3) is 0 Å². The van der Waals surface area contributed by atoms with Gasteiger partial charge in [0.05, 0.1) is 6.61 Å². The Kier molecular flexibility index (Phi) is 6.36. The molecule has 19 heavy (non-hydrogen) atoms. The van der Waals surface area contributed by atoms with Gasteiger partial charge in [0.2, 0.25) is 0 Å². The summed E-state index contributed by atoms with van der Waals surface area (Å²) in [4.78, 5) is 12.1. The molecule has 0 aliphatic rings. The van der Waals surface area contributed by atoms with E-state index in [2.05, 4.69) is 5.32 Å². The van der Waals surface area contributed by atoms with Crippen LogP contribution in [0.2, 0.25) is 0 Å². The van der Waals surface area contributed by atoms with Gasteiger partial charge >= 0.3 is 0 Å². The smallest absolute Gasteiger partial charge is 0.251 e. The van der Waals surface area contributed by atoms with E-state index in [0.717, 1.165) is 17.7 Å². The highest BCUT2D eigenvalue weighted by atomic mass is 16.5. The van der Waals surface area contributed by atoms with Crippen LogP contribution < -0.4 is 10.1 Å². The number of aryl methyl sites for hydroxylation is 1. The molecule has 0 radical (unpaired) electrons. The van der Waals surface area contributed by atoms with Crippen LogP contribution in [0.4, 0.5) is 0 Å². The number of aliphatic hydroxyl groups is 1. The van der Waals surface area contributed by atoms with Gasteiger partial charge in [-0.05, 0) is 44.4 Å². The second-order valence-electron chi connectivity index (χ2n) is 4.50. The van der Waals surface area contributed by atoms with Crippen molar-refractivity contribution in [2.75, 3.05) is 13.2 Å². The average molecular weight is 265 g/mol. The van der Waals surface area contributed by atoms with Gasteiger partial charge in [-0.3, -0.25) is 4.79 Å². The maximum Gasteiger partial charge on any atom is 0.251 e. The Balaban J connectivity index is 2.78. The lowest BCUT2D eigenvalue weighted by atomic mass is 10.1. The number of aliphatic hydroxyl groups excluding tert-OH is 1. The Bertz CT molecular complexity index is 418. The first kappa shape index (κ1) is 15.5. The summed E-state index contributed by atoms with van der Waals surface area (Å²) >= 11 is 0. The highest BCUT2D eigenvalue weighted by Crippen LogP contribution is 2.19. The summed E-state index contributed by atoms with van der Waals surface area (Å²) in [5.74, 6) is 0.617. The Morgan fingerprint density at radius 1 is 1.42 bits per heavy atom. The van der Waals surface area contributed by atoms with Gasteiger partial charge in [-0.2, -0.15) is 0 Å². The maximum absolute atomic E-state index is 12.1. The van der Waals surface area contributed by atoms with Crippen molar-refractivity contribution in [3.8, 4) is 5.75 Å². The molecule has 1 rings (SSSR count). The molecular weight excluding hydrogens is 242 g/mol. The van der Waals surface area contributed by atoms with Gasteiger partial charge in [0.15, 0.2) is 0 Å². The molecule has 0 aliphatic carbocycles. The molecule has 4 nitrogen and oxygen atoms in total. The van der Waals surface area contributed by atoms with Gasteiger partial charge in [-0.15, -0.1) is 0 Å². The quantitative estimate of drug-likeness (QED) is 0.795. The van der Waals surface area contributed by atoms with Crippen molar-refractivity contribution in [1.29, 1.82) is 0 Å². The summed E-state index contributed by atoms with van der Waals surface area (Å²) in [6.07, 6.45) is 1.38. The standard InChI is InChI=1S/C15H23NO3/c1-4-13(8-9-17)16-15(18)12-7-6-11(3)14(10-12)19-5-2/h6-7,10,13,17H,4-5,8-9H2,1-3H3,(H,16,18). The van der Waals surface area contributed by atoms with E-state index in [-0.39, 0.29) is 18.6 Å². The van der Waals surface area contributed by atoms with Gasteiger partial charge in [-0.1, -0.05) is 13.0 Å². The summed E-state index contributed by atoms with van der Waals surface area (Å²) < 4.78 is 5.49. The first-order chi connectivity index (χ1) is 9.12. The number of benzene rings is 1. The van der Waals surface area contributed by atoms with E-state index in [1.807, 2.05) is 26.8 Å². The fraction of sp³-hybridized carbons (Fsp3) is 0.533. The van der Waals surface area contributed by atoms with Gasteiger partial charge in [0.1, 0.15) is 5.75 Å². The van der Waals surface area contributed by atoms with Crippen LogP contribution in [0, 0.1) is 6.92 Å². The van der Waals surface area contributed by atoms with Crippen LogP contribution >= 0.6 is 0 Å². The van der Waals surface area contributed by atoms with E-state index in [0.29, 0.717) is 18.6 Å². The number of hydrogen-bond acceptors (Lipinski definition) is 3. The number of carbonyl (C=O) groups excluding carboxylic acids is 1. The zero-order valence-corrected chi connectivity index (χ0v) is 11.9. The third-order valence-electron chi connectivity index (χ3n) is 3.06. The van der Waals surface area contributed by atoms with E-state index >= 15 is 0 Å². The zero-order valence-electron chi connectivity index (χ0n) is 11.9. The van der Waals surface area contributed by atoms with Crippen molar-refractivity contribution >= 4 is 5.91 Å². The maximum atomic E-state index is 12.1. The van der Waals surface area contributed by atoms with Gasteiger partial charge in [-0.25, -0.2) is 0 Å². The minimum Gasteiger partial charge on any atom is -0.494 e. The lowest BCUT2D eigenvalue weighted by Gasteiger charge is -2.16. The minimum atomic E-state index is -0.124. The fourth-order valence-corrected chi connectivity index (χ4v) is 1.86. The van der Waals surface area contributed by atoms with Gasteiger partial charge in [0.25, 0.3) is 5.91 Å². The SMILES string of the molecule is CCOc1cc(C(=O)NC(CC)CCO)ccc1C. The van der Waals surface area contributed by atoms with Crippen LogP contribution in [0.5, 0.6) is 5.75 Å². The molecule has 0 aromatic heterocycles. The molecule has 0 fully saturated rings.